The van der Waals surface area contributed by atoms with E-state index in [0.717, 1.165) is 17.7 Å². The van der Waals surface area contributed by atoms with Crippen LogP contribution in [0.3, 0.4) is 0 Å². The number of hydrogen-bond acceptors (Lipinski definition) is 3. The Morgan fingerprint density at radius 3 is 2.48 bits per heavy atom. The summed E-state index contributed by atoms with van der Waals surface area (Å²) >= 11 is 0. The van der Waals surface area contributed by atoms with Gasteiger partial charge in [-0.3, -0.25) is 0 Å². The van der Waals surface area contributed by atoms with Crippen molar-refractivity contribution in [2.45, 2.75) is 25.8 Å². The maximum absolute atomic E-state index is 8.83. The third-order valence-electron chi connectivity index (χ3n) is 3.47. The number of oxime groups is 1. The van der Waals surface area contributed by atoms with Crippen molar-refractivity contribution in [1.82, 2.24) is 0 Å². The predicted molar refractivity (Wildman–Crippen MR) is 86.7 cm³/mol. The molecule has 1 unspecified atom stereocenters. The molecule has 0 saturated carbocycles. The van der Waals surface area contributed by atoms with Crippen molar-refractivity contribution < 1.29 is 5.21 Å². The van der Waals surface area contributed by atoms with E-state index in [1.165, 1.54) is 5.56 Å². The zero-order valence-electron chi connectivity index (χ0n) is 12.2. The van der Waals surface area contributed by atoms with Crippen molar-refractivity contribution in [2.24, 2.45) is 10.9 Å². The van der Waals surface area contributed by atoms with Gasteiger partial charge in [0.25, 0.3) is 0 Å². The highest BCUT2D eigenvalue weighted by molar-refractivity contribution is 5.81. The minimum atomic E-state index is -0.0326. The van der Waals surface area contributed by atoms with Gasteiger partial charge in [-0.25, -0.2) is 0 Å². The first-order valence-electron chi connectivity index (χ1n) is 7.10. The van der Waals surface area contributed by atoms with Crippen LogP contribution in [0.1, 0.15) is 30.5 Å². The first kappa shape index (κ1) is 14.9. The molecule has 0 saturated heterocycles. The lowest BCUT2D eigenvalue weighted by Crippen LogP contribution is -2.21. The van der Waals surface area contributed by atoms with E-state index < -0.39 is 0 Å². The fourth-order valence-electron chi connectivity index (χ4n) is 2.34. The van der Waals surface area contributed by atoms with E-state index >= 15 is 0 Å². The third kappa shape index (κ3) is 3.99. The molecule has 0 aliphatic carbocycles. The Labute approximate surface area is 125 Å². The first-order chi connectivity index (χ1) is 10.2. The van der Waals surface area contributed by atoms with Gasteiger partial charge in [0.1, 0.15) is 5.84 Å². The maximum Gasteiger partial charge on any atom is 0.141 e. The Bertz CT molecular complexity index is 596. The summed E-state index contributed by atoms with van der Waals surface area (Å²) in [6.07, 6.45) is 1.40. The van der Waals surface area contributed by atoms with Crippen LogP contribution < -0.4 is 11.1 Å². The van der Waals surface area contributed by atoms with Crippen LogP contribution in [0.15, 0.2) is 59.8 Å². The van der Waals surface area contributed by atoms with E-state index in [-0.39, 0.29) is 11.9 Å². The van der Waals surface area contributed by atoms with Gasteiger partial charge in [-0.05, 0) is 23.6 Å². The number of hydrogen-bond donors (Lipinski definition) is 3. The number of rotatable bonds is 6. The Morgan fingerprint density at radius 1 is 1.14 bits per heavy atom. The molecule has 0 aliphatic rings. The molecule has 0 aromatic heterocycles. The van der Waals surface area contributed by atoms with Crippen molar-refractivity contribution in [3.8, 4) is 0 Å². The highest BCUT2D eigenvalue weighted by Crippen LogP contribution is 2.25. The second-order valence-electron chi connectivity index (χ2n) is 4.91. The molecule has 2 aromatic rings. The van der Waals surface area contributed by atoms with Crippen molar-refractivity contribution in [2.75, 3.05) is 5.32 Å². The highest BCUT2D eigenvalue weighted by atomic mass is 16.4. The van der Waals surface area contributed by atoms with E-state index in [1.54, 1.807) is 0 Å². The summed E-state index contributed by atoms with van der Waals surface area (Å²) < 4.78 is 0. The molecule has 4 nitrogen and oxygen atoms in total. The minimum Gasteiger partial charge on any atom is -0.409 e. The smallest absolute Gasteiger partial charge is 0.141 e. The lowest BCUT2D eigenvalue weighted by atomic mass is 10.0. The molecule has 0 aliphatic heterocycles. The summed E-state index contributed by atoms with van der Waals surface area (Å²) in [5, 5.41) is 15.4. The van der Waals surface area contributed by atoms with Gasteiger partial charge in [0.2, 0.25) is 0 Å². The highest BCUT2D eigenvalue weighted by Gasteiger charge is 2.14. The number of anilines is 1. The monoisotopic (exact) mass is 283 g/mol. The quantitative estimate of drug-likeness (QED) is 0.329. The van der Waals surface area contributed by atoms with Gasteiger partial charge >= 0.3 is 0 Å². The number of nitrogens with one attached hydrogen (secondary N) is 1. The lowest BCUT2D eigenvalue weighted by Gasteiger charge is -2.21. The summed E-state index contributed by atoms with van der Waals surface area (Å²) in [5.41, 5.74) is 9.13. The Hall–Kier alpha value is -2.49. The molecule has 0 fully saturated rings. The number of nitrogens with zero attached hydrogens (tertiary/aromatic N) is 1. The fraction of sp³-hybridized carbons (Fsp3) is 0.235. The van der Waals surface area contributed by atoms with E-state index in [4.69, 9.17) is 10.9 Å². The van der Waals surface area contributed by atoms with Crippen LogP contribution in [0.2, 0.25) is 0 Å². The molecule has 0 amide bonds. The molecular weight excluding hydrogens is 262 g/mol. The van der Waals surface area contributed by atoms with Gasteiger partial charge in [-0.15, -0.1) is 0 Å². The number of amidine groups is 1. The lowest BCUT2D eigenvalue weighted by molar-refractivity contribution is 0.316. The second-order valence-corrected chi connectivity index (χ2v) is 4.91. The molecule has 2 aromatic carbocycles. The molecule has 110 valence electrons. The van der Waals surface area contributed by atoms with Crippen LogP contribution in [0, 0.1) is 0 Å². The van der Waals surface area contributed by atoms with Crippen LogP contribution in [0.25, 0.3) is 0 Å². The molecule has 2 rings (SSSR count). The second kappa shape index (κ2) is 7.33. The van der Waals surface area contributed by atoms with E-state index in [0.29, 0.717) is 6.42 Å². The molecule has 0 bridgehead atoms. The molecule has 0 heterocycles. The Morgan fingerprint density at radius 2 is 1.81 bits per heavy atom. The molecule has 21 heavy (non-hydrogen) atoms. The summed E-state index contributed by atoms with van der Waals surface area (Å²) in [6.45, 7) is 2.13. The first-order valence-corrected chi connectivity index (χ1v) is 7.10. The fourth-order valence-corrected chi connectivity index (χ4v) is 2.34. The molecule has 4 N–H and O–H groups in total. The summed E-state index contributed by atoms with van der Waals surface area (Å²) in [4.78, 5) is 0. The average molecular weight is 283 g/mol. The number of benzene rings is 2. The van der Waals surface area contributed by atoms with Gasteiger partial charge < -0.3 is 16.3 Å². The topological polar surface area (TPSA) is 70.6 Å². The van der Waals surface area contributed by atoms with Crippen molar-refractivity contribution >= 4 is 11.5 Å². The van der Waals surface area contributed by atoms with Gasteiger partial charge in [0, 0.05) is 12.1 Å². The summed E-state index contributed by atoms with van der Waals surface area (Å²) in [6, 6.07) is 18.2. The van der Waals surface area contributed by atoms with Gasteiger partial charge in [0.05, 0.1) is 6.04 Å². The third-order valence-corrected chi connectivity index (χ3v) is 3.47. The maximum atomic E-state index is 8.83. The standard InChI is InChI=1S/C17H21N3O/c1-2-13-8-6-7-11-15(13)19-16(12-17(18)20-21)14-9-4-3-5-10-14/h3-11,16,19,21H,2,12H2,1H3,(H2,18,20). The zero-order valence-corrected chi connectivity index (χ0v) is 12.2. The normalized spacial score (nSPS) is 12.9. The summed E-state index contributed by atoms with van der Waals surface area (Å²) in [5.74, 6) is 0.213. The van der Waals surface area contributed by atoms with Gasteiger partial charge in [0.15, 0.2) is 0 Å². The van der Waals surface area contributed by atoms with Crippen LogP contribution in [-0.4, -0.2) is 11.0 Å². The minimum absolute atomic E-state index is 0.0326. The SMILES string of the molecule is CCc1ccccc1NC(CC(N)=NO)c1ccccc1. The van der Waals surface area contributed by atoms with E-state index in [2.05, 4.69) is 29.5 Å². The van der Waals surface area contributed by atoms with Crippen LogP contribution in [-0.2, 0) is 6.42 Å². The Kier molecular flexibility index (Phi) is 5.21. The Balaban J connectivity index is 2.28. The van der Waals surface area contributed by atoms with Gasteiger partial charge in [-0.1, -0.05) is 60.6 Å². The van der Waals surface area contributed by atoms with Crippen LogP contribution >= 0.6 is 0 Å². The molecular formula is C17H21N3O. The number of para-hydroxylation sites is 1. The largest absolute Gasteiger partial charge is 0.409 e. The molecule has 0 radical (unpaired) electrons. The molecule has 1 atom stereocenters. The van der Waals surface area contributed by atoms with Crippen molar-refractivity contribution in [3.05, 3.63) is 65.7 Å². The molecule has 4 heteroatoms. The van der Waals surface area contributed by atoms with Crippen molar-refractivity contribution in [1.29, 1.82) is 0 Å². The predicted octanol–water partition coefficient (Wildman–Crippen LogP) is 3.54. The average Bonchev–Trinajstić information content (AvgIpc) is 2.55. The van der Waals surface area contributed by atoms with Crippen molar-refractivity contribution in [3.63, 3.8) is 0 Å². The number of aryl methyl sites for hydroxylation is 1. The van der Waals surface area contributed by atoms with E-state index in [1.807, 2.05) is 42.5 Å². The van der Waals surface area contributed by atoms with Gasteiger partial charge in [-0.2, -0.15) is 0 Å². The molecule has 0 spiro atoms. The number of nitrogens with two attached hydrogens (primary N) is 1. The van der Waals surface area contributed by atoms with E-state index in [9.17, 15) is 0 Å². The van der Waals surface area contributed by atoms with Crippen LogP contribution in [0.5, 0.6) is 0 Å². The summed E-state index contributed by atoms with van der Waals surface area (Å²) in [7, 11) is 0. The van der Waals surface area contributed by atoms with Crippen LogP contribution in [0.4, 0.5) is 5.69 Å². The zero-order chi connectivity index (χ0) is 15.1.